The SMILES string of the molecule is CC1(C)CC([N+](C)(C)CCCCC[N+](C)(C)C2CC(C)(C)N(O)C(C)(C)C2)CC(C)(C)N1O. The number of nitrogens with zero attached hydrogens (tertiary/aromatic N) is 4. The van der Waals surface area contributed by atoms with Gasteiger partial charge in [0.05, 0.1) is 53.4 Å². The maximum Gasteiger partial charge on any atom is 0.0923 e. The zero-order valence-corrected chi connectivity index (χ0v) is 24.2. The van der Waals surface area contributed by atoms with E-state index in [9.17, 15) is 10.4 Å². The van der Waals surface area contributed by atoms with Crippen LogP contribution in [0.25, 0.3) is 0 Å². The third-order valence-electron chi connectivity index (χ3n) is 9.18. The molecular formula is C27H58N4O2+2. The molecule has 0 aliphatic carbocycles. The molecule has 0 atom stereocenters. The van der Waals surface area contributed by atoms with Crippen molar-refractivity contribution in [1.29, 1.82) is 0 Å². The molecule has 2 rings (SSSR count). The van der Waals surface area contributed by atoms with E-state index in [1.807, 2.05) is 0 Å². The zero-order chi connectivity index (χ0) is 25.7. The Morgan fingerprint density at radius 2 is 0.788 bits per heavy atom. The van der Waals surface area contributed by atoms with Crippen LogP contribution in [0.5, 0.6) is 0 Å². The van der Waals surface area contributed by atoms with Crippen molar-refractivity contribution < 1.29 is 19.4 Å². The summed E-state index contributed by atoms with van der Waals surface area (Å²) in [5.74, 6) is 0. The molecule has 0 aromatic rings. The standard InChI is InChI=1S/C27H58N4O2/c1-24(2)18-22(19-25(3,4)28(24)32)30(9,10)16-14-13-15-17-31(11,12)23-20-26(5,6)29(33)27(7,8)21-23/h22-23,32-33H,13-21H2,1-12H3/q+2. The van der Waals surface area contributed by atoms with E-state index in [0.29, 0.717) is 12.1 Å². The highest BCUT2D eigenvalue weighted by molar-refractivity contribution is 4.97. The quantitative estimate of drug-likeness (QED) is 0.381. The number of hydroxylamine groups is 4. The summed E-state index contributed by atoms with van der Waals surface area (Å²) in [5.41, 5.74) is -0.742. The molecule has 2 aliphatic rings. The van der Waals surface area contributed by atoms with Crippen molar-refractivity contribution in [1.82, 2.24) is 10.1 Å². The fraction of sp³-hybridized carbons (Fsp3) is 1.00. The van der Waals surface area contributed by atoms with Crippen molar-refractivity contribution in [2.24, 2.45) is 0 Å². The third-order valence-corrected chi connectivity index (χ3v) is 9.18. The van der Waals surface area contributed by atoms with Crippen molar-refractivity contribution in [3.63, 3.8) is 0 Å². The summed E-state index contributed by atoms with van der Waals surface area (Å²) in [4.78, 5) is 0. The van der Waals surface area contributed by atoms with E-state index in [1.165, 1.54) is 32.4 Å². The fourth-order valence-corrected chi connectivity index (χ4v) is 7.00. The van der Waals surface area contributed by atoms with Crippen molar-refractivity contribution in [2.75, 3.05) is 41.3 Å². The Labute approximate surface area is 205 Å². The lowest BCUT2D eigenvalue weighted by atomic mass is 9.77. The molecule has 2 saturated heterocycles. The van der Waals surface area contributed by atoms with E-state index in [-0.39, 0.29) is 22.2 Å². The lowest BCUT2D eigenvalue weighted by Crippen LogP contribution is -2.66. The molecule has 2 fully saturated rings. The van der Waals surface area contributed by atoms with Gasteiger partial charge in [-0.2, -0.15) is 10.1 Å². The maximum atomic E-state index is 10.7. The fourth-order valence-electron chi connectivity index (χ4n) is 7.00. The molecule has 0 spiro atoms. The first-order valence-electron chi connectivity index (χ1n) is 13.3. The van der Waals surface area contributed by atoms with Crippen LogP contribution in [0.3, 0.4) is 0 Å². The van der Waals surface area contributed by atoms with Gasteiger partial charge in [0.2, 0.25) is 0 Å². The normalized spacial score (nSPS) is 27.1. The molecule has 6 nitrogen and oxygen atoms in total. The average molecular weight is 471 g/mol. The van der Waals surface area contributed by atoms with Gasteiger partial charge in [-0.25, -0.2) is 0 Å². The smallest absolute Gasteiger partial charge is 0.0923 e. The van der Waals surface area contributed by atoms with Gasteiger partial charge in [-0.3, -0.25) is 0 Å². The lowest BCUT2D eigenvalue weighted by molar-refractivity contribution is -0.920. The number of piperidine rings is 2. The molecule has 33 heavy (non-hydrogen) atoms. The highest BCUT2D eigenvalue weighted by Crippen LogP contribution is 2.41. The van der Waals surface area contributed by atoms with Gasteiger partial charge in [0.25, 0.3) is 0 Å². The Morgan fingerprint density at radius 1 is 0.545 bits per heavy atom. The summed E-state index contributed by atoms with van der Waals surface area (Å²) in [6.45, 7) is 19.8. The first-order chi connectivity index (χ1) is 14.6. The van der Waals surface area contributed by atoms with Crippen LogP contribution in [-0.4, -0.2) is 105 Å². The van der Waals surface area contributed by atoms with Crippen LogP contribution in [0.15, 0.2) is 0 Å². The van der Waals surface area contributed by atoms with Crippen LogP contribution in [0.2, 0.25) is 0 Å². The van der Waals surface area contributed by atoms with E-state index in [2.05, 4.69) is 83.6 Å². The molecule has 0 bridgehead atoms. The van der Waals surface area contributed by atoms with Gasteiger partial charge in [0, 0.05) is 47.8 Å². The lowest BCUT2D eigenvalue weighted by Gasteiger charge is -2.55. The minimum atomic E-state index is -0.185. The largest absolute Gasteiger partial charge is 0.326 e. The highest BCUT2D eigenvalue weighted by atomic mass is 16.5. The second-order valence-electron chi connectivity index (χ2n) is 15.1. The molecule has 2 aliphatic heterocycles. The Morgan fingerprint density at radius 3 is 1.03 bits per heavy atom. The van der Waals surface area contributed by atoms with Crippen molar-refractivity contribution in [2.45, 2.75) is 135 Å². The van der Waals surface area contributed by atoms with Gasteiger partial charge in [-0.1, -0.05) is 0 Å². The van der Waals surface area contributed by atoms with E-state index in [0.717, 1.165) is 34.6 Å². The van der Waals surface area contributed by atoms with E-state index in [1.54, 1.807) is 10.1 Å². The molecule has 0 aromatic carbocycles. The molecule has 2 heterocycles. The summed E-state index contributed by atoms with van der Waals surface area (Å²) in [7, 11) is 9.54. The Kier molecular flexibility index (Phi) is 8.20. The maximum absolute atomic E-state index is 10.7. The summed E-state index contributed by atoms with van der Waals surface area (Å²) >= 11 is 0. The number of rotatable bonds is 8. The number of hydrogen-bond donors (Lipinski definition) is 2. The number of hydrogen-bond acceptors (Lipinski definition) is 4. The predicted molar refractivity (Wildman–Crippen MR) is 137 cm³/mol. The van der Waals surface area contributed by atoms with Crippen LogP contribution >= 0.6 is 0 Å². The Balaban J connectivity index is 1.87. The zero-order valence-electron chi connectivity index (χ0n) is 24.2. The topological polar surface area (TPSA) is 46.9 Å². The monoisotopic (exact) mass is 470 g/mol. The summed E-state index contributed by atoms with van der Waals surface area (Å²) in [6, 6.07) is 1.14. The van der Waals surface area contributed by atoms with Gasteiger partial charge in [0.15, 0.2) is 0 Å². The molecule has 6 heteroatoms. The van der Waals surface area contributed by atoms with E-state index < -0.39 is 0 Å². The highest BCUT2D eigenvalue weighted by Gasteiger charge is 2.51. The second kappa shape index (κ2) is 9.33. The number of unbranched alkanes of at least 4 members (excludes halogenated alkanes) is 2. The summed E-state index contributed by atoms with van der Waals surface area (Å²) in [5, 5.41) is 24.5. The van der Waals surface area contributed by atoms with Crippen LogP contribution in [0.1, 0.15) is 100 Å². The van der Waals surface area contributed by atoms with Crippen LogP contribution in [0.4, 0.5) is 0 Å². The van der Waals surface area contributed by atoms with Gasteiger partial charge in [-0.05, 0) is 74.7 Å². The predicted octanol–water partition coefficient (Wildman–Crippen LogP) is 5.13. The summed E-state index contributed by atoms with van der Waals surface area (Å²) < 4.78 is 2.08. The first kappa shape index (κ1) is 29.0. The van der Waals surface area contributed by atoms with Crippen LogP contribution < -0.4 is 0 Å². The summed E-state index contributed by atoms with van der Waals surface area (Å²) in [6.07, 6.45) is 7.87. The van der Waals surface area contributed by atoms with E-state index in [4.69, 9.17) is 0 Å². The van der Waals surface area contributed by atoms with Crippen LogP contribution in [0, 0.1) is 0 Å². The van der Waals surface area contributed by atoms with Crippen LogP contribution in [-0.2, 0) is 0 Å². The first-order valence-corrected chi connectivity index (χ1v) is 13.3. The van der Waals surface area contributed by atoms with E-state index >= 15 is 0 Å². The Bertz CT molecular complexity index is 577. The van der Waals surface area contributed by atoms with Gasteiger partial charge >= 0.3 is 0 Å². The van der Waals surface area contributed by atoms with Crippen molar-refractivity contribution in [3.8, 4) is 0 Å². The average Bonchev–Trinajstić information content (AvgIpc) is 2.62. The number of quaternary nitrogens is 2. The molecular weight excluding hydrogens is 412 g/mol. The van der Waals surface area contributed by atoms with Gasteiger partial charge in [-0.15, -0.1) is 0 Å². The van der Waals surface area contributed by atoms with Crippen molar-refractivity contribution >= 4 is 0 Å². The Hall–Kier alpha value is -0.240. The molecule has 2 N–H and O–H groups in total. The minimum absolute atomic E-state index is 0.185. The van der Waals surface area contributed by atoms with Gasteiger partial charge in [0.1, 0.15) is 0 Å². The molecule has 0 amide bonds. The molecule has 0 radical (unpaired) electrons. The molecule has 0 unspecified atom stereocenters. The van der Waals surface area contributed by atoms with Crippen molar-refractivity contribution in [3.05, 3.63) is 0 Å². The second-order valence-corrected chi connectivity index (χ2v) is 15.1. The third kappa shape index (κ3) is 6.50. The minimum Gasteiger partial charge on any atom is -0.326 e. The molecule has 0 saturated carbocycles. The molecule has 196 valence electrons. The van der Waals surface area contributed by atoms with Gasteiger partial charge < -0.3 is 19.4 Å². The molecule has 0 aromatic heterocycles.